The Morgan fingerprint density at radius 3 is 2.78 bits per heavy atom. The molecule has 1 aromatic carbocycles. The number of nitrogens with zero attached hydrogens (tertiary/aromatic N) is 3. The van der Waals surface area contributed by atoms with Crippen LogP contribution in [-0.2, 0) is 29.5 Å². The zero-order chi connectivity index (χ0) is 16.4. The number of rotatable bonds is 4. The molecule has 6 nitrogen and oxygen atoms in total. The monoisotopic (exact) mass is 342 g/mol. The Morgan fingerprint density at radius 1 is 1.17 bits per heavy atom. The van der Waals surface area contributed by atoms with Crippen molar-refractivity contribution in [2.24, 2.45) is 0 Å². The van der Waals surface area contributed by atoms with Gasteiger partial charge in [-0.05, 0) is 25.0 Å². The van der Waals surface area contributed by atoms with E-state index in [2.05, 4.69) is 14.9 Å². The molecular formula is C14H16F2N4O2S. The van der Waals surface area contributed by atoms with Gasteiger partial charge in [0.1, 0.15) is 28.2 Å². The third-order valence-electron chi connectivity index (χ3n) is 3.79. The van der Waals surface area contributed by atoms with Crippen molar-refractivity contribution >= 4 is 10.0 Å². The third-order valence-corrected chi connectivity index (χ3v) is 5.22. The summed E-state index contributed by atoms with van der Waals surface area (Å²) in [5.74, 6) is -0.626. The lowest BCUT2D eigenvalue weighted by molar-refractivity contribution is 0.539. The molecule has 0 atom stereocenters. The molecule has 0 radical (unpaired) electrons. The first-order chi connectivity index (χ1) is 11.0. The minimum Gasteiger partial charge on any atom is -0.314 e. The van der Waals surface area contributed by atoms with Crippen LogP contribution in [0.25, 0.3) is 0 Å². The standard InChI is InChI=1S/C14H16F2N4O2S/c15-10-5-6-12(11(16)8-10)23(21,22)17-9-14-19-18-13-4-2-1-3-7-20(13)14/h5-6,8,17H,1-4,7,9H2. The number of sulfonamides is 1. The predicted octanol–water partition coefficient (Wildman–Crippen LogP) is 1.76. The number of aromatic nitrogens is 3. The number of fused-ring (bicyclic) bond motifs is 1. The molecule has 0 spiro atoms. The topological polar surface area (TPSA) is 76.9 Å². The van der Waals surface area contributed by atoms with E-state index >= 15 is 0 Å². The molecule has 3 rings (SSSR count). The second-order valence-corrected chi connectivity index (χ2v) is 7.13. The summed E-state index contributed by atoms with van der Waals surface area (Å²) in [5, 5.41) is 8.08. The molecule has 124 valence electrons. The first-order valence-corrected chi connectivity index (χ1v) is 8.81. The van der Waals surface area contributed by atoms with Gasteiger partial charge >= 0.3 is 0 Å². The molecule has 0 fully saturated rings. The second-order valence-electron chi connectivity index (χ2n) is 5.39. The summed E-state index contributed by atoms with van der Waals surface area (Å²) in [6.07, 6.45) is 3.92. The smallest absolute Gasteiger partial charge is 0.243 e. The second kappa shape index (κ2) is 6.32. The van der Waals surface area contributed by atoms with E-state index in [0.29, 0.717) is 11.9 Å². The Balaban J connectivity index is 1.79. The summed E-state index contributed by atoms with van der Waals surface area (Å²) in [7, 11) is -4.09. The molecule has 1 aliphatic rings. The van der Waals surface area contributed by atoms with E-state index in [1.165, 1.54) is 0 Å². The van der Waals surface area contributed by atoms with Crippen LogP contribution in [0.2, 0.25) is 0 Å². The number of halogens is 2. The Morgan fingerprint density at radius 2 is 2.00 bits per heavy atom. The number of hydrogen-bond donors (Lipinski definition) is 1. The molecular weight excluding hydrogens is 326 g/mol. The van der Waals surface area contributed by atoms with Crippen LogP contribution in [0.1, 0.15) is 30.9 Å². The lowest BCUT2D eigenvalue weighted by Crippen LogP contribution is -2.26. The Labute approximate surface area is 132 Å². The lowest BCUT2D eigenvalue weighted by Gasteiger charge is -2.09. The summed E-state index contributed by atoms with van der Waals surface area (Å²) in [6, 6.07) is 2.34. The van der Waals surface area contributed by atoms with Gasteiger partial charge in [0, 0.05) is 19.0 Å². The van der Waals surface area contributed by atoms with Crippen LogP contribution in [0, 0.1) is 11.6 Å². The van der Waals surface area contributed by atoms with E-state index in [1.807, 2.05) is 4.57 Å². The molecule has 1 aromatic heterocycles. The molecule has 0 bridgehead atoms. The average molecular weight is 342 g/mol. The molecule has 2 heterocycles. The summed E-state index contributed by atoms with van der Waals surface area (Å²) in [4.78, 5) is -0.588. The van der Waals surface area contributed by atoms with E-state index < -0.39 is 26.6 Å². The van der Waals surface area contributed by atoms with E-state index in [4.69, 9.17) is 0 Å². The fraction of sp³-hybridized carbons (Fsp3) is 0.429. The van der Waals surface area contributed by atoms with Crippen molar-refractivity contribution in [2.45, 2.75) is 43.7 Å². The van der Waals surface area contributed by atoms with E-state index in [9.17, 15) is 17.2 Å². The molecule has 1 aliphatic heterocycles. The van der Waals surface area contributed by atoms with Gasteiger partial charge in [0.25, 0.3) is 0 Å². The van der Waals surface area contributed by atoms with Crippen LogP contribution in [0.15, 0.2) is 23.1 Å². The van der Waals surface area contributed by atoms with E-state index in [0.717, 1.165) is 50.2 Å². The van der Waals surface area contributed by atoms with Crippen molar-refractivity contribution in [1.29, 1.82) is 0 Å². The molecule has 9 heteroatoms. The molecule has 23 heavy (non-hydrogen) atoms. The molecule has 0 saturated carbocycles. The van der Waals surface area contributed by atoms with Crippen molar-refractivity contribution in [1.82, 2.24) is 19.5 Å². The highest BCUT2D eigenvalue weighted by Crippen LogP contribution is 2.17. The van der Waals surface area contributed by atoms with Crippen molar-refractivity contribution in [3.63, 3.8) is 0 Å². The van der Waals surface area contributed by atoms with Crippen molar-refractivity contribution in [2.75, 3.05) is 0 Å². The lowest BCUT2D eigenvalue weighted by atomic mass is 10.2. The van der Waals surface area contributed by atoms with Crippen LogP contribution >= 0.6 is 0 Å². The van der Waals surface area contributed by atoms with Gasteiger partial charge in [0.15, 0.2) is 0 Å². The fourth-order valence-corrected chi connectivity index (χ4v) is 3.64. The minimum absolute atomic E-state index is 0.0911. The van der Waals surface area contributed by atoms with Crippen molar-refractivity contribution < 1.29 is 17.2 Å². The SMILES string of the molecule is O=S(=O)(NCc1nnc2n1CCCCC2)c1ccc(F)cc1F. The van der Waals surface area contributed by atoms with Gasteiger partial charge in [0.2, 0.25) is 10.0 Å². The maximum absolute atomic E-state index is 13.6. The molecule has 0 amide bonds. The predicted molar refractivity (Wildman–Crippen MR) is 78.0 cm³/mol. The van der Waals surface area contributed by atoms with Gasteiger partial charge in [-0.2, -0.15) is 0 Å². The van der Waals surface area contributed by atoms with Crippen LogP contribution in [0.3, 0.4) is 0 Å². The molecule has 1 N–H and O–H groups in total. The highest BCUT2D eigenvalue weighted by Gasteiger charge is 2.21. The summed E-state index contributed by atoms with van der Waals surface area (Å²) >= 11 is 0. The highest BCUT2D eigenvalue weighted by atomic mass is 32.2. The van der Waals surface area contributed by atoms with E-state index in [1.54, 1.807) is 0 Å². The average Bonchev–Trinajstić information content (AvgIpc) is 2.72. The van der Waals surface area contributed by atoms with Crippen molar-refractivity contribution in [3.8, 4) is 0 Å². The summed E-state index contributed by atoms with van der Waals surface area (Å²) in [6.45, 7) is 0.649. The number of benzene rings is 1. The van der Waals surface area contributed by atoms with Crippen LogP contribution < -0.4 is 4.72 Å². The highest BCUT2D eigenvalue weighted by molar-refractivity contribution is 7.89. The maximum Gasteiger partial charge on any atom is 0.243 e. The number of aryl methyl sites for hydroxylation is 1. The van der Waals surface area contributed by atoms with Gasteiger partial charge in [-0.1, -0.05) is 6.42 Å². The summed E-state index contributed by atoms with van der Waals surface area (Å²) < 4.78 is 55.1. The van der Waals surface area contributed by atoms with Gasteiger partial charge in [-0.25, -0.2) is 21.9 Å². The molecule has 2 aromatic rings. The van der Waals surface area contributed by atoms with Gasteiger partial charge < -0.3 is 4.57 Å². The van der Waals surface area contributed by atoms with Gasteiger partial charge in [-0.15, -0.1) is 10.2 Å². The van der Waals surface area contributed by atoms with Crippen LogP contribution in [0.5, 0.6) is 0 Å². The molecule has 0 unspecified atom stereocenters. The van der Waals surface area contributed by atoms with Crippen LogP contribution in [0.4, 0.5) is 8.78 Å². The quantitative estimate of drug-likeness (QED) is 0.918. The third kappa shape index (κ3) is 3.40. The first kappa shape index (κ1) is 16.0. The normalized spacial score (nSPS) is 15.2. The van der Waals surface area contributed by atoms with E-state index in [-0.39, 0.29) is 6.54 Å². The Bertz CT molecular complexity index is 820. The maximum atomic E-state index is 13.6. The largest absolute Gasteiger partial charge is 0.314 e. The Hall–Kier alpha value is -1.87. The number of nitrogens with one attached hydrogen (secondary N) is 1. The van der Waals surface area contributed by atoms with Gasteiger partial charge in [-0.3, -0.25) is 0 Å². The van der Waals surface area contributed by atoms with Crippen molar-refractivity contribution in [3.05, 3.63) is 41.5 Å². The molecule has 0 aliphatic carbocycles. The number of hydrogen-bond acceptors (Lipinski definition) is 4. The first-order valence-electron chi connectivity index (χ1n) is 7.33. The zero-order valence-corrected chi connectivity index (χ0v) is 13.1. The van der Waals surface area contributed by atoms with Crippen LogP contribution in [-0.4, -0.2) is 23.2 Å². The van der Waals surface area contributed by atoms with Gasteiger partial charge in [0.05, 0.1) is 6.54 Å². The zero-order valence-electron chi connectivity index (χ0n) is 12.3. The minimum atomic E-state index is -4.09. The molecule has 0 saturated heterocycles. The summed E-state index contributed by atoms with van der Waals surface area (Å²) in [5.41, 5.74) is 0. The Kier molecular flexibility index (Phi) is 4.40. The fourth-order valence-electron chi connectivity index (χ4n) is 2.61.